The molecule has 0 spiro atoms. The monoisotopic (exact) mass is 384 g/mol. The fourth-order valence-electron chi connectivity index (χ4n) is 2.54. The van der Waals surface area contributed by atoms with Crippen molar-refractivity contribution >= 4 is 0 Å². The molecule has 7 nitrogen and oxygen atoms in total. The van der Waals surface area contributed by atoms with E-state index in [0.717, 1.165) is 51.9 Å². The molecule has 0 aromatic carbocycles. The predicted molar refractivity (Wildman–Crippen MR) is 103 cm³/mol. The third-order valence-electron chi connectivity index (χ3n) is 4.06. The van der Waals surface area contributed by atoms with Gasteiger partial charge in [0.25, 0.3) is 0 Å². The number of nitrogens with zero attached hydrogens (tertiary/aromatic N) is 1. The van der Waals surface area contributed by atoms with Gasteiger partial charge in [-0.05, 0) is 38.5 Å². The minimum atomic E-state index is 0.508. The highest BCUT2D eigenvalue weighted by atomic mass is 16.5. The molecule has 1 aliphatic heterocycles. The van der Waals surface area contributed by atoms with Gasteiger partial charge < -0.3 is 29.4 Å². The number of nitrogens with two attached hydrogens (primary N) is 1. The van der Waals surface area contributed by atoms with Crippen LogP contribution in [-0.4, -0.2) is 66.1 Å². The number of nitriles is 1. The van der Waals surface area contributed by atoms with Crippen molar-refractivity contribution in [3.63, 3.8) is 0 Å². The summed E-state index contributed by atoms with van der Waals surface area (Å²) in [7, 11) is 0. The van der Waals surface area contributed by atoms with Gasteiger partial charge >= 0.3 is 0 Å². The zero-order valence-electron chi connectivity index (χ0n) is 16.6. The van der Waals surface area contributed by atoms with Gasteiger partial charge in [-0.1, -0.05) is 0 Å². The molecule has 0 unspecified atom stereocenters. The maximum Gasteiger partial charge on any atom is 0.0966 e. The number of rotatable bonds is 0. The third kappa shape index (κ3) is 14.5. The molecule has 0 fully saturated rings. The first-order valence-corrected chi connectivity index (χ1v) is 10.1. The maximum atomic E-state index is 9.25. The lowest BCUT2D eigenvalue weighted by molar-refractivity contribution is 0.0489. The molecule has 1 aliphatic rings. The lowest BCUT2D eigenvalue weighted by Gasteiger charge is -2.09. The van der Waals surface area contributed by atoms with E-state index in [0.29, 0.717) is 70.4 Å². The van der Waals surface area contributed by atoms with Crippen LogP contribution in [0.2, 0.25) is 0 Å². The van der Waals surface area contributed by atoms with Crippen molar-refractivity contribution in [3.8, 4) is 6.07 Å². The van der Waals surface area contributed by atoms with Gasteiger partial charge in [-0.3, -0.25) is 0 Å². The fourth-order valence-corrected chi connectivity index (χ4v) is 2.54. The van der Waals surface area contributed by atoms with Gasteiger partial charge in [-0.25, -0.2) is 0 Å². The molecule has 156 valence electrons. The second-order valence-corrected chi connectivity index (χ2v) is 6.45. The molecule has 0 atom stereocenters. The van der Waals surface area contributed by atoms with Crippen LogP contribution in [0.25, 0.3) is 0 Å². The highest BCUT2D eigenvalue weighted by molar-refractivity contribution is 5.25. The lowest BCUT2D eigenvalue weighted by atomic mass is 10.1. The van der Waals surface area contributed by atoms with Crippen LogP contribution in [0.3, 0.4) is 0 Å². The Hall–Kier alpha value is -1.17. The molecule has 0 aromatic rings. The summed E-state index contributed by atoms with van der Waals surface area (Å²) in [6.07, 6.45) is 5.57. The smallest absolute Gasteiger partial charge is 0.0966 e. The number of hydrogen-bond acceptors (Lipinski definition) is 7. The molecule has 27 heavy (non-hydrogen) atoms. The summed E-state index contributed by atoms with van der Waals surface area (Å²) in [6, 6.07) is 2.19. The van der Waals surface area contributed by atoms with Crippen molar-refractivity contribution in [2.75, 3.05) is 66.1 Å². The van der Waals surface area contributed by atoms with Gasteiger partial charge in [0.05, 0.1) is 18.2 Å². The van der Waals surface area contributed by atoms with Crippen LogP contribution in [-0.2, 0) is 23.7 Å². The molecule has 0 radical (unpaired) electrons. The Balaban J connectivity index is 2.28. The molecular weight excluding hydrogens is 348 g/mol. The maximum absolute atomic E-state index is 9.25. The van der Waals surface area contributed by atoms with E-state index in [9.17, 15) is 5.26 Å². The van der Waals surface area contributed by atoms with Crippen molar-refractivity contribution in [1.82, 2.24) is 0 Å². The predicted octanol–water partition coefficient (Wildman–Crippen LogP) is 2.55. The zero-order valence-corrected chi connectivity index (χ0v) is 16.6. The molecule has 0 saturated carbocycles. The molecule has 2 N–H and O–H groups in total. The largest absolute Gasteiger partial charge is 0.401 e. The lowest BCUT2D eigenvalue weighted by Crippen LogP contribution is -2.09. The summed E-state index contributed by atoms with van der Waals surface area (Å²) in [5.74, 6) is 0. The molecule has 1 heterocycles. The van der Waals surface area contributed by atoms with Crippen LogP contribution in [0.5, 0.6) is 0 Å². The third-order valence-corrected chi connectivity index (χ3v) is 4.06. The van der Waals surface area contributed by atoms with Crippen molar-refractivity contribution in [1.29, 1.82) is 5.26 Å². The van der Waals surface area contributed by atoms with Crippen LogP contribution in [0.1, 0.15) is 44.9 Å². The first-order chi connectivity index (χ1) is 13.3. The summed E-state index contributed by atoms with van der Waals surface area (Å²) in [5.41, 5.74) is 7.30. The van der Waals surface area contributed by atoms with Gasteiger partial charge in [0, 0.05) is 71.6 Å². The normalized spacial score (nSPS) is 22.5. The molecule has 0 bridgehead atoms. The van der Waals surface area contributed by atoms with E-state index in [1.54, 1.807) is 0 Å². The summed E-state index contributed by atoms with van der Waals surface area (Å²) in [4.78, 5) is 0. The second-order valence-electron chi connectivity index (χ2n) is 6.45. The van der Waals surface area contributed by atoms with Crippen molar-refractivity contribution in [2.45, 2.75) is 44.9 Å². The van der Waals surface area contributed by atoms with Crippen LogP contribution in [0, 0.1) is 11.3 Å². The summed E-state index contributed by atoms with van der Waals surface area (Å²) >= 11 is 0. The first-order valence-electron chi connectivity index (χ1n) is 10.1. The Labute approximate surface area is 163 Å². The number of hydrogen-bond donors (Lipinski definition) is 1. The number of ether oxygens (including phenoxy) is 5. The van der Waals surface area contributed by atoms with Gasteiger partial charge in [-0.2, -0.15) is 5.26 Å². The SMILES string of the molecule is N#CC1=C(N)CCCOCCCOCCCOCCCOCCCOCC1. The van der Waals surface area contributed by atoms with Crippen LogP contribution >= 0.6 is 0 Å². The Morgan fingerprint density at radius 1 is 0.556 bits per heavy atom. The van der Waals surface area contributed by atoms with E-state index in [2.05, 4.69) is 6.07 Å². The molecule has 1 rings (SSSR count). The molecule has 0 aliphatic carbocycles. The highest BCUT2D eigenvalue weighted by Crippen LogP contribution is 2.10. The highest BCUT2D eigenvalue weighted by Gasteiger charge is 2.04. The average molecular weight is 385 g/mol. The summed E-state index contributed by atoms with van der Waals surface area (Å²) < 4.78 is 27.8. The van der Waals surface area contributed by atoms with Crippen LogP contribution in [0.4, 0.5) is 0 Å². The van der Waals surface area contributed by atoms with Crippen molar-refractivity contribution < 1.29 is 23.7 Å². The average Bonchev–Trinajstić information content (AvgIpc) is 2.68. The van der Waals surface area contributed by atoms with E-state index < -0.39 is 0 Å². The van der Waals surface area contributed by atoms with E-state index in [1.165, 1.54) is 0 Å². The minimum Gasteiger partial charge on any atom is -0.401 e. The van der Waals surface area contributed by atoms with Gasteiger partial charge in [0.2, 0.25) is 0 Å². The Morgan fingerprint density at radius 2 is 0.926 bits per heavy atom. The van der Waals surface area contributed by atoms with E-state index in [-0.39, 0.29) is 0 Å². The van der Waals surface area contributed by atoms with Gasteiger partial charge in [0.1, 0.15) is 0 Å². The number of allylic oxidation sites excluding steroid dienone is 1. The molecule has 0 saturated heterocycles. The molecule has 0 amide bonds. The standard InChI is InChI=1S/C20H36N2O5/c21-18-19-7-17-27-16-5-15-26-14-4-13-25-12-3-11-24-10-2-9-23-8-1-6-20(19)22/h1-17,22H2. The topological polar surface area (TPSA) is 96.0 Å². The molecular formula is C20H36N2O5. The molecule has 7 heteroatoms. The Kier molecular flexibility index (Phi) is 16.1. The Bertz CT molecular complexity index is 423. The zero-order chi connectivity index (χ0) is 19.4. The quantitative estimate of drug-likeness (QED) is 0.685. The van der Waals surface area contributed by atoms with Crippen molar-refractivity contribution in [3.05, 3.63) is 11.3 Å². The second kappa shape index (κ2) is 18.2. The van der Waals surface area contributed by atoms with Crippen LogP contribution in [0.15, 0.2) is 11.3 Å². The fraction of sp³-hybridized carbons (Fsp3) is 0.850. The van der Waals surface area contributed by atoms with Crippen molar-refractivity contribution in [2.24, 2.45) is 5.73 Å². The molecule has 0 aromatic heterocycles. The van der Waals surface area contributed by atoms with E-state index in [4.69, 9.17) is 29.4 Å². The summed E-state index contributed by atoms with van der Waals surface area (Å²) in [5, 5.41) is 9.25. The minimum absolute atomic E-state index is 0.508. The first kappa shape index (κ1) is 23.9. The van der Waals surface area contributed by atoms with E-state index >= 15 is 0 Å². The van der Waals surface area contributed by atoms with Gasteiger partial charge in [-0.15, -0.1) is 0 Å². The van der Waals surface area contributed by atoms with Gasteiger partial charge in [0.15, 0.2) is 0 Å². The van der Waals surface area contributed by atoms with E-state index in [1.807, 2.05) is 0 Å². The summed E-state index contributed by atoms with van der Waals surface area (Å²) in [6.45, 7) is 6.70. The van der Waals surface area contributed by atoms with Crippen LogP contribution < -0.4 is 5.73 Å². The Morgan fingerprint density at radius 3 is 1.33 bits per heavy atom.